The lowest BCUT2D eigenvalue weighted by atomic mass is 10.2. The molecule has 1 heterocycles. The Hall–Kier alpha value is -2.04. The summed E-state index contributed by atoms with van der Waals surface area (Å²) in [7, 11) is 3.36. The van der Waals surface area contributed by atoms with Gasteiger partial charge < -0.3 is 10.1 Å². The number of ether oxygens (including phenoxy) is 1. The molecule has 0 spiro atoms. The van der Waals surface area contributed by atoms with Crippen LogP contribution < -0.4 is 10.1 Å². The van der Waals surface area contributed by atoms with E-state index in [9.17, 15) is 4.39 Å². The number of anilines is 1. The van der Waals surface area contributed by atoms with Crippen molar-refractivity contribution in [1.29, 1.82) is 0 Å². The normalized spacial score (nSPS) is 10.5. The first kappa shape index (κ1) is 13.4. The molecule has 0 aliphatic carbocycles. The molecule has 19 heavy (non-hydrogen) atoms. The van der Waals surface area contributed by atoms with Crippen molar-refractivity contribution >= 4 is 5.69 Å². The van der Waals surface area contributed by atoms with Gasteiger partial charge in [0, 0.05) is 18.8 Å². The highest BCUT2D eigenvalue weighted by atomic mass is 19.1. The molecule has 0 radical (unpaired) electrons. The lowest BCUT2D eigenvalue weighted by Crippen LogP contribution is -2.05. The van der Waals surface area contributed by atoms with Crippen LogP contribution in [0, 0.1) is 5.82 Å². The first-order chi connectivity index (χ1) is 9.13. The Morgan fingerprint density at radius 2 is 2.16 bits per heavy atom. The minimum absolute atomic E-state index is 0.249. The van der Waals surface area contributed by atoms with Crippen molar-refractivity contribution in [2.75, 3.05) is 12.4 Å². The van der Waals surface area contributed by atoms with Crippen LogP contribution in [0.5, 0.6) is 5.75 Å². The van der Waals surface area contributed by atoms with Crippen LogP contribution in [0.15, 0.2) is 24.3 Å². The van der Waals surface area contributed by atoms with Crippen molar-refractivity contribution in [3.05, 3.63) is 41.5 Å². The molecule has 5 heteroatoms. The summed E-state index contributed by atoms with van der Waals surface area (Å²) in [6.45, 7) is 2.67. The fraction of sp³-hybridized carbons (Fsp3) is 0.357. The topological polar surface area (TPSA) is 39.1 Å². The van der Waals surface area contributed by atoms with Crippen LogP contribution in [0.25, 0.3) is 0 Å². The third-order valence-electron chi connectivity index (χ3n) is 3.01. The van der Waals surface area contributed by atoms with E-state index < -0.39 is 0 Å². The van der Waals surface area contributed by atoms with Gasteiger partial charge in [0.1, 0.15) is 0 Å². The van der Waals surface area contributed by atoms with Gasteiger partial charge in [-0.2, -0.15) is 5.10 Å². The number of hydrogen-bond donors (Lipinski definition) is 1. The largest absolute Gasteiger partial charge is 0.494 e. The molecule has 2 rings (SSSR count). The quantitative estimate of drug-likeness (QED) is 0.901. The molecule has 2 aromatic rings. The predicted molar refractivity (Wildman–Crippen MR) is 72.9 cm³/mol. The average Bonchev–Trinajstić information content (AvgIpc) is 2.77. The van der Waals surface area contributed by atoms with Gasteiger partial charge in [-0.15, -0.1) is 0 Å². The Bertz CT molecular complexity index is 566. The van der Waals surface area contributed by atoms with Crippen molar-refractivity contribution in [3.8, 4) is 5.75 Å². The molecule has 102 valence electrons. The number of benzene rings is 1. The van der Waals surface area contributed by atoms with Gasteiger partial charge in [-0.25, -0.2) is 4.39 Å². The van der Waals surface area contributed by atoms with Gasteiger partial charge in [0.15, 0.2) is 11.6 Å². The zero-order chi connectivity index (χ0) is 13.8. The van der Waals surface area contributed by atoms with E-state index in [1.165, 1.54) is 13.2 Å². The number of nitrogens with one attached hydrogen (secondary N) is 1. The second-order valence-electron chi connectivity index (χ2n) is 4.31. The first-order valence-corrected chi connectivity index (χ1v) is 6.23. The third-order valence-corrected chi connectivity index (χ3v) is 3.01. The zero-order valence-corrected chi connectivity index (χ0v) is 11.4. The van der Waals surface area contributed by atoms with E-state index in [1.807, 2.05) is 17.8 Å². The average molecular weight is 263 g/mol. The van der Waals surface area contributed by atoms with Crippen LogP contribution in [-0.4, -0.2) is 16.9 Å². The summed E-state index contributed by atoms with van der Waals surface area (Å²) >= 11 is 0. The Labute approximate surface area is 112 Å². The van der Waals surface area contributed by atoms with Crippen LogP contribution in [-0.2, 0) is 20.0 Å². The highest BCUT2D eigenvalue weighted by Gasteiger charge is 2.06. The van der Waals surface area contributed by atoms with Crippen molar-refractivity contribution in [2.45, 2.75) is 19.9 Å². The van der Waals surface area contributed by atoms with Gasteiger partial charge in [-0.1, -0.05) is 6.92 Å². The van der Waals surface area contributed by atoms with Crippen LogP contribution in [0.2, 0.25) is 0 Å². The first-order valence-electron chi connectivity index (χ1n) is 6.23. The van der Waals surface area contributed by atoms with Crippen molar-refractivity contribution in [2.24, 2.45) is 7.05 Å². The molecule has 0 saturated heterocycles. The molecule has 1 aromatic heterocycles. The molecular formula is C14H18FN3O. The maximum Gasteiger partial charge on any atom is 0.167 e. The van der Waals surface area contributed by atoms with Gasteiger partial charge in [0.2, 0.25) is 0 Å². The number of hydrogen-bond acceptors (Lipinski definition) is 3. The molecule has 0 aliphatic rings. The highest BCUT2D eigenvalue weighted by Crippen LogP contribution is 2.21. The molecule has 1 N–H and O–H groups in total. The fourth-order valence-corrected chi connectivity index (χ4v) is 1.88. The van der Waals surface area contributed by atoms with E-state index in [0.29, 0.717) is 6.54 Å². The van der Waals surface area contributed by atoms with Gasteiger partial charge in [0.05, 0.1) is 25.0 Å². The number of aromatic nitrogens is 2. The minimum atomic E-state index is -0.369. The van der Waals surface area contributed by atoms with Gasteiger partial charge >= 0.3 is 0 Å². The van der Waals surface area contributed by atoms with Crippen molar-refractivity contribution < 1.29 is 9.13 Å². The Morgan fingerprint density at radius 3 is 2.74 bits per heavy atom. The highest BCUT2D eigenvalue weighted by molar-refractivity contribution is 5.47. The van der Waals surface area contributed by atoms with Crippen LogP contribution in [0.4, 0.5) is 10.1 Å². The zero-order valence-electron chi connectivity index (χ0n) is 11.4. The van der Waals surface area contributed by atoms with E-state index in [-0.39, 0.29) is 11.6 Å². The summed E-state index contributed by atoms with van der Waals surface area (Å²) < 4.78 is 20.3. The van der Waals surface area contributed by atoms with E-state index in [1.54, 1.807) is 12.1 Å². The summed E-state index contributed by atoms with van der Waals surface area (Å²) in [4.78, 5) is 0. The monoisotopic (exact) mass is 263 g/mol. The molecule has 0 bridgehead atoms. The summed E-state index contributed by atoms with van der Waals surface area (Å²) in [5.74, 6) is -0.119. The Morgan fingerprint density at radius 1 is 1.37 bits per heavy atom. The number of rotatable bonds is 5. The lowest BCUT2D eigenvalue weighted by Gasteiger charge is -2.08. The molecule has 0 amide bonds. The van der Waals surface area contributed by atoms with E-state index >= 15 is 0 Å². The van der Waals surface area contributed by atoms with Gasteiger partial charge in [0.25, 0.3) is 0 Å². The maximum absolute atomic E-state index is 13.5. The van der Waals surface area contributed by atoms with Crippen LogP contribution in [0.1, 0.15) is 18.3 Å². The minimum Gasteiger partial charge on any atom is -0.494 e. The second kappa shape index (κ2) is 5.73. The third kappa shape index (κ3) is 3.05. The summed E-state index contributed by atoms with van der Waals surface area (Å²) in [5.41, 5.74) is 2.84. The van der Waals surface area contributed by atoms with E-state index in [4.69, 9.17) is 4.74 Å². The fourth-order valence-electron chi connectivity index (χ4n) is 1.88. The SMILES string of the molecule is CCc1cc(CNc2ccc(OC)c(F)c2)n(C)n1. The summed E-state index contributed by atoms with van der Waals surface area (Å²) in [5, 5.41) is 7.54. The molecule has 0 fully saturated rings. The van der Waals surface area contributed by atoms with Crippen LogP contribution >= 0.6 is 0 Å². The Balaban J connectivity index is 2.05. The van der Waals surface area contributed by atoms with Gasteiger partial charge in [-0.3, -0.25) is 4.68 Å². The number of halogens is 1. The number of aryl methyl sites for hydroxylation is 2. The predicted octanol–water partition coefficient (Wildman–Crippen LogP) is 2.74. The number of nitrogens with zero attached hydrogens (tertiary/aromatic N) is 2. The standard InChI is InChI=1S/C14H18FN3O/c1-4-10-7-12(18(2)17-10)9-16-11-5-6-14(19-3)13(15)8-11/h5-8,16H,4,9H2,1-3H3. The Kier molecular flexibility index (Phi) is 4.04. The van der Waals surface area contributed by atoms with E-state index in [0.717, 1.165) is 23.5 Å². The van der Waals surface area contributed by atoms with Gasteiger partial charge in [-0.05, 0) is 24.6 Å². The maximum atomic E-state index is 13.5. The summed E-state index contributed by atoms with van der Waals surface area (Å²) in [6, 6.07) is 6.88. The molecule has 0 unspecified atom stereocenters. The molecule has 0 saturated carbocycles. The molecule has 4 nitrogen and oxygen atoms in total. The van der Waals surface area contributed by atoms with E-state index in [2.05, 4.69) is 17.3 Å². The van der Waals surface area contributed by atoms with Crippen molar-refractivity contribution in [1.82, 2.24) is 9.78 Å². The summed E-state index contributed by atoms with van der Waals surface area (Å²) in [6.07, 6.45) is 0.908. The molecule has 0 atom stereocenters. The smallest absolute Gasteiger partial charge is 0.167 e. The van der Waals surface area contributed by atoms with Crippen LogP contribution in [0.3, 0.4) is 0 Å². The molecule has 1 aromatic carbocycles. The molecular weight excluding hydrogens is 245 g/mol. The second-order valence-corrected chi connectivity index (χ2v) is 4.31. The van der Waals surface area contributed by atoms with Crippen molar-refractivity contribution in [3.63, 3.8) is 0 Å². The number of methoxy groups -OCH3 is 1. The molecule has 0 aliphatic heterocycles. The lowest BCUT2D eigenvalue weighted by molar-refractivity contribution is 0.386.